The molecule has 36 heavy (non-hydrogen) atoms. The van der Waals surface area contributed by atoms with Crippen molar-refractivity contribution in [1.29, 1.82) is 0 Å². The molecule has 0 amide bonds. The summed E-state index contributed by atoms with van der Waals surface area (Å²) < 4.78 is 10.2. The van der Waals surface area contributed by atoms with E-state index in [0.29, 0.717) is 0 Å². The summed E-state index contributed by atoms with van der Waals surface area (Å²) in [6.07, 6.45) is 3.14. The minimum atomic E-state index is 0.0840. The van der Waals surface area contributed by atoms with Gasteiger partial charge in [-0.1, -0.05) is 36.4 Å². The molecule has 0 saturated heterocycles. The Morgan fingerprint density at radius 2 is 0.833 bits per heavy atom. The fourth-order valence-electron chi connectivity index (χ4n) is 3.67. The fourth-order valence-corrected chi connectivity index (χ4v) is 3.67. The van der Waals surface area contributed by atoms with E-state index in [1.165, 1.54) is 23.3 Å². The van der Waals surface area contributed by atoms with E-state index in [1.54, 1.807) is 38.5 Å². The lowest BCUT2D eigenvalue weighted by atomic mass is 10.0. The van der Waals surface area contributed by atoms with Gasteiger partial charge in [0.25, 0.3) is 0 Å². The molecule has 0 spiro atoms. The second kappa shape index (κ2) is 13.0. The van der Waals surface area contributed by atoms with Gasteiger partial charge in [0.15, 0.2) is 0 Å². The number of ether oxygens (including phenoxy) is 2. The van der Waals surface area contributed by atoms with Gasteiger partial charge in [-0.25, -0.2) is 0 Å². The van der Waals surface area contributed by atoms with Crippen LogP contribution in [0.1, 0.15) is 22.3 Å². The molecular formula is C30H32O6. The van der Waals surface area contributed by atoms with Crippen LogP contribution in [0.2, 0.25) is 0 Å². The van der Waals surface area contributed by atoms with Crippen molar-refractivity contribution < 1.29 is 29.9 Å². The summed E-state index contributed by atoms with van der Waals surface area (Å²) in [6.45, 7) is 0. The minimum absolute atomic E-state index is 0.0840. The number of rotatable bonds is 8. The minimum Gasteiger partial charge on any atom is -0.508 e. The summed E-state index contributed by atoms with van der Waals surface area (Å²) in [5, 5.41) is 37.8. The Bertz CT molecular complexity index is 1130. The van der Waals surface area contributed by atoms with Gasteiger partial charge < -0.3 is 29.9 Å². The van der Waals surface area contributed by atoms with Crippen LogP contribution < -0.4 is 9.47 Å². The number of phenols is 4. The van der Waals surface area contributed by atoms with Crippen LogP contribution in [-0.4, -0.2) is 34.6 Å². The molecule has 4 rings (SSSR count). The number of benzene rings is 4. The molecule has 0 aliphatic heterocycles. The summed E-state index contributed by atoms with van der Waals surface area (Å²) >= 11 is 0. The second-order valence-electron chi connectivity index (χ2n) is 8.32. The maximum atomic E-state index is 9.67. The predicted octanol–water partition coefficient (Wildman–Crippen LogP) is 5.78. The molecule has 0 bridgehead atoms. The molecule has 0 saturated carbocycles. The zero-order valence-electron chi connectivity index (χ0n) is 20.5. The third-order valence-corrected chi connectivity index (χ3v) is 5.82. The molecule has 0 atom stereocenters. The molecule has 0 radical (unpaired) electrons. The lowest BCUT2D eigenvalue weighted by Crippen LogP contribution is -1.92. The second-order valence-corrected chi connectivity index (χ2v) is 8.32. The molecule has 0 unspecified atom stereocenters. The molecule has 0 heterocycles. The molecule has 4 N–H and O–H groups in total. The molecule has 0 aromatic heterocycles. The summed E-state index contributed by atoms with van der Waals surface area (Å²) in [5.41, 5.74) is 4.04. The third kappa shape index (κ3) is 7.87. The van der Waals surface area contributed by atoms with Crippen LogP contribution in [0.15, 0.2) is 84.9 Å². The molecule has 4 aromatic rings. The highest BCUT2D eigenvalue weighted by Crippen LogP contribution is 2.25. The Morgan fingerprint density at radius 3 is 1.14 bits per heavy atom. The maximum Gasteiger partial charge on any atom is 0.122 e. The van der Waals surface area contributed by atoms with Crippen LogP contribution in [0, 0.1) is 0 Å². The molecule has 0 aliphatic rings. The predicted molar refractivity (Wildman–Crippen MR) is 140 cm³/mol. The number of hydrogen-bond donors (Lipinski definition) is 4. The summed E-state index contributed by atoms with van der Waals surface area (Å²) in [5.74, 6) is 2.13. The Labute approximate surface area is 211 Å². The first-order valence-corrected chi connectivity index (χ1v) is 11.7. The van der Waals surface area contributed by atoms with Crippen molar-refractivity contribution >= 4 is 0 Å². The van der Waals surface area contributed by atoms with E-state index in [2.05, 4.69) is 0 Å². The monoisotopic (exact) mass is 488 g/mol. The SMILES string of the molecule is COc1ccc(CCc2ccc(O)cc2O)cc1.COc1ccc(CCc2ccc(O)cc2O)cc1. The normalized spacial score (nSPS) is 10.3. The zero-order chi connectivity index (χ0) is 25.9. The molecule has 188 valence electrons. The van der Waals surface area contributed by atoms with Gasteiger partial charge in [-0.15, -0.1) is 0 Å². The number of methoxy groups -OCH3 is 2. The van der Waals surface area contributed by atoms with Gasteiger partial charge in [-0.2, -0.15) is 0 Å². The molecular weight excluding hydrogens is 456 g/mol. The standard InChI is InChI=1S/2C15H16O3/c2*1-18-14-8-3-11(4-9-14)2-5-12-6-7-13(16)10-15(12)17/h2*3-4,6-10,16-17H,2,5H2,1H3. The highest BCUT2D eigenvalue weighted by Gasteiger charge is 2.04. The van der Waals surface area contributed by atoms with Crippen molar-refractivity contribution in [3.05, 3.63) is 107 Å². The van der Waals surface area contributed by atoms with Gasteiger partial charge in [0, 0.05) is 12.1 Å². The zero-order valence-corrected chi connectivity index (χ0v) is 20.5. The highest BCUT2D eigenvalue weighted by atomic mass is 16.5. The van der Waals surface area contributed by atoms with E-state index >= 15 is 0 Å². The van der Waals surface area contributed by atoms with Crippen molar-refractivity contribution in [2.75, 3.05) is 14.2 Å². The number of aryl methyl sites for hydroxylation is 4. The molecule has 0 aliphatic carbocycles. The van der Waals surface area contributed by atoms with Crippen LogP contribution in [0.4, 0.5) is 0 Å². The van der Waals surface area contributed by atoms with Gasteiger partial charge >= 0.3 is 0 Å². The smallest absolute Gasteiger partial charge is 0.122 e. The van der Waals surface area contributed by atoms with Crippen LogP contribution in [0.25, 0.3) is 0 Å². The molecule has 0 fully saturated rings. The average Bonchev–Trinajstić information content (AvgIpc) is 2.89. The molecule has 6 nitrogen and oxygen atoms in total. The lowest BCUT2D eigenvalue weighted by molar-refractivity contribution is 0.414. The van der Waals surface area contributed by atoms with Crippen LogP contribution >= 0.6 is 0 Å². The first kappa shape index (κ1) is 26.3. The largest absolute Gasteiger partial charge is 0.508 e. The van der Waals surface area contributed by atoms with Crippen molar-refractivity contribution in [2.24, 2.45) is 0 Å². The quantitative estimate of drug-likeness (QED) is 0.251. The van der Waals surface area contributed by atoms with Gasteiger partial charge in [0.2, 0.25) is 0 Å². The Kier molecular flexibility index (Phi) is 9.46. The van der Waals surface area contributed by atoms with E-state index in [-0.39, 0.29) is 23.0 Å². The summed E-state index contributed by atoms with van der Waals surface area (Å²) in [4.78, 5) is 0. The van der Waals surface area contributed by atoms with Crippen molar-refractivity contribution in [3.8, 4) is 34.5 Å². The van der Waals surface area contributed by atoms with Gasteiger partial charge in [0.1, 0.15) is 34.5 Å². The number of aromatic hydroxyl groups is 4. The number of phenolic OH excluding ortho intramolecular Hbond substituents is 4. The highest BCUT2D eigenvalue weighted by molar-refractivity contribution is 5.40. The topological polar surface area (TPSA) is 99.4 Å². The maximum absolute atomic E-state index is 9.67. The fraction of sp³-hybridized carbons (Fsp3) is 0.200. The Morgan fingerprint density at radius 1 is 0.472 bits per heavy atom. The first-order valence-electron chi connectivity index (χ1n) is 11.7. The number of hydrogen-bond acceptors (Lipinski definition) is 6. The molecule has 6 heteroatoms. The van der Waals surface area contributed by atoms with Crippen molar-refractivity contribution in [3.63, 3.8) is 0 Å². The van der Waals surface area contributed by atoms with Gasteiger partial charge in [0.05, 0.1) is 14.2 Å². The van der Waals surface area contributed by atoms with E-state index in [1.807, 2.05) is 48.5 Å². The Hall–Kier alpha value is -4.32. The van der Waals surface area contributed by atoms with E-state index in [0.717, 1.165) is 48.3 Å². The van der Waals surface area contributed by atoms with Crippen LogP contribution in [0.3, 0.4) is 0 Å². The van der Waals surface area contributed by atoms with Gasteiger partial charge in [-0.05, 0) is 84.3 Å². The Balaban J connectivity index is 0.000000201. The summed E-state index contributed by atoms with van der Waals surface area (Å²) in [6, 6.07) is 25.1. The van der Waals surface area contributed by atoms with Crippen molar-refractivity contribution in [2.45, 2.75) is 25.7 Å². The first-order chi connectivity index (χ1) is 17.4. The average molecular weight is 489 g/mol. The van der Waals surface area contributed by atoms with Crippen molar-refractivity contribution in [1.82, 2.24) is 0 Å². The summed E-state index contributed by atoms with van der Waals surface area (Å²) in [7, 11) is 3.28. The van der Waals surface area contributed by atoms with Gasteiger partial charge in [-0.3, -0.25) is 0 Å². The van der Waals surface area contributed by atoms with Crippen LogP contribution in [-0.2, 0) is 25.7 Å². The lowest BCUT2D eigenvalue weighted by Gasteiger charge is -2.06. The molecule has 4 aromatic carbocycles. The van der Waals surface area contributed by atoms with Crippen LogP contribution in [0.5, 0.6) is 34.5 Å². The van der Waals surface area contributed by atoms with E-state index < -0.39 is 0 Å². The third-order valence-electron chi connectivity index (χ3n) is 5.82. The van der Waals surface area contributed by atoms with E-state index in [4.69, 9.17) is 9.47 Å². The van der Waals surface area contributed by atoms with E-state index in [9.17, 15) is 20.4 Å².